The van der Waals surface area contributed by atoms with E-state index in [2.05, 4.69) is 13.8 Å². The second kappa shape index (κ2) is 5.90. The van der Waals surface area contributed by atoms with Crippen LogP contribution in [-0.2, 0) is 11.3 Å². The minimum absolute atomic E-state index is 0.423. The lowest BCUT2D eigenvalue weighted by Gasteiger charge is -2.10. The van der Waals surface area contributed by atoms with Crippen LogP contribution < -0.4 is 5.46 Å². The van der Waals surface area contributed by atoms with Crippen LogP contribution in [0.5, 0.6) is 0 Å². The van der Waals surface area contributed by atoms with Crippen LogP contribution in [0.25, 0.3) is 0 Å². The smallest absolute Gasteiger partial charge is 0.423 e. The molecule has 1 aromatic rings. The number of hydrogen-bond acceptors (Lipinski definition) is 3. The fraction of sp³-hybridized carbons (Fsp3) is 0.455. The molecule has 0 aliphatic rings. The molecule has 2 N–H and O–H groups in total. The molecule has 0 aliphatic carbocycles. The van der Waals surface area contributed by atoms with Crippen LogP contribution in [0.3, 0.4) is 0 Å². The number of rotatable bonds is 5. The molecule has 1 aromatic carbocycles. The molecule has 0 amide bonds. The number of ether oxygens (including phenoxy) is 1. The first kappa shape index (κ1) is 12.2. The van der Waals surface area contributed by atoms with E-state index in [1.165, 1.54) is 0 Å². The van der Waals surface area contributed by atoms with Crippen molar-refractivity contribution in [1.82, 2.24) is 0 Å². The van der Waals surface area contributed by atoms with Gasteiger partial charge in [-0.25, -0.2) is 0 Å². The van der Waals surface area contributed by atoms with Crippen molar-refractivity contribution in [3.63, 3.8) is 0 Å². The van der Waals surface area contributed by atoms with Crippen LogP contribution in [0, 0.1) is 5.92 Å². The fourth-order valence-corrected chi connectivity index (χ4v) is 1.32. The van der Waals surface area contributed by atoms with E-state index >= 15 is 0 Å². The van der Waals surface area contributed by atoms with Gasteiger partial charge in [0.05, 0.1) is 6.61 Å². The predicted octanol–water partition coefficient (Wildman–Crippen LogP) is 0.539. The first-order valence-corrected chi connectivity index (χ1v) is 5.13. The molecule has 0 bridgehead atoms. The summed E-state index contributed by atoms with van der Waals surface area (Å²) < 4.78 is 5.45. The van der Waals surface area contributed by atoms with Crippen molar-refractivity contribution < 1.29 is 14.8 Å². The van der Waals surface area contributed by atoms with Crippen molar-refractivity contribution >= 4 is 12.6 Å². The average Bonchev–Trinajstić information content (AvgIpc) is 2.17. The highest BCUT2D eigenvalue weighted by Gasteiger charge is 2.14. The molecule has 0 atom stereocenters. The first-order valence-electron chi connectivity index (χ1n) is 5.13. The standard InChI is InChI=1S/C11H17BO3/c1-9(2)7-15-8-10-5-3-4-6-11(10)12(13)14/h3-6,9,13-14H,7-8H2,1-2H3. The minimum Gasteiger partial charge on any atom is -0.423 e. The van der Waals surface area contributed by atoms with Gasteiger partial charge >= 0.3 is 7.12 Å². The van der Waals surface area contributed by atoms with Gasteiger partial charge in [-0.05, 0) is 16.9 Å². The summed E-state index contributed by atoms with van der Waals surface area (Å²) in [6.45, 7) is 5.25. The molecule has 15 heavy (non-hydrogen) atoms. The molecule has 0 unspecified atom stereocenters. The molecular formula is C11H17BO3. The third kappa shape index (κ3) is 4.04. The Kier molecular flexibility index (Phi) is 4.82. The van der Waals surface area contributed by atoms with Crippen molar-refractivity contribution in [3.8, 4) is 0 Å². The third-order valence-corrected chi connectivity index (χ3v) is 2.04. The van der Waals surface area contributed by atoms with Crippen LogP contribution in [0.4, 0.5) is 0 Å². The minimum atomic E-state index is -1.43. The van der Waals surface area contributed by atoms with Crippen LogP contribution >= 0.6 is 0 Å². The lowest BCUT2D eigenvalue weighted by atomic mass is 9.77. The maximum atomic E-state index is 9.11. The second-order valence-corrected chi connectivity index (χ2v) is 3.98. The molecule has 0 saturated carbocycles. The van der Waals surface area contributed by atoms with Gasteiger partial charge in [0.1, 0.15) is 0 Å². The topological polar surface area (TPSA) is 49.7 Å². The van der Waals surface area contributed by atoms with Gasteiger partial charge in [-0.2, -0.15) is 0 Å². The Bertz CT molecular complexity index is 300. The van der Waals surface area contributed by atoms with Crippen molar-refractivity contribution in [2.24, 2.45) is 5.92 Å². The van der Waals surface area contributed by atoms with Crippen molar-refractivity contribution in [3.05, 3.63) is 29.8 Å². The first-order chi connectivity index (χ1) is 7.11. The summed E-state index contributed by atoms with van der Waals surface area (Å²) >= 11 is 0. The van der Waals surface area contributed by atoms with Gasteiger partial charge in [0.25, 0.3) is 0 Å². The summed E-state index contributed by atoms with van der Waals surface area (Å²) in [6.07, 6.45) is 0. The van der Waals surface area contributed by atoms with Crippen LogP contribution in [0.15, 0.2) is 24.3 Å². The van der Waals surface area contributed by atoms with Crippen molar-refractivity contribution in [1.29, 1.82) is 0 Å². The molecule has 0 saturated heterocycles. The van der Waals surface area contributed by atoms with E-state index in [4.69, 9.17) is 14.8 Å². The molecule has 4 heteroatoms. The molecule has 0 spiro atoms. The molecule has 1 rings (SSSR count). The zero-order valence-corrected chi connectivity index (χ0v) is 9.18. The van der Waals surface area contributed by atoms with E-state index in [0.717, 1.165) is 5.56 Å². The summed E-state index contributed by atoms with van der Waals surface area (Å²) in [7, 11) is -1.43. The van der Waals surface area contributed by atoms with Crippen molar-refractivity contribution in [2.45, 2.75) is 20.5 Å². The van der Waals surface area contributed by atoms with E-state index < -0.39 is 7.12 Å². The summed E-state index contributed by atoms with van der Waals surface area (Å²) in [5, 5.41) is 18.2. The fourth-order valence-electron chi connectivity index (χ4n) is 1.32. The van der Waals surface area contributed by atoms with Gasteiger partial charge in [0, 0.05) is 6.61 Å². The second-order valence-electron chi connectivity index (χ2n) is 3.98. The predicted molar refractivity (Wildman–Crippen MR) is 60.8 cm³/mol. The van der Waals surface area contributed by atoms with Crippen LogP contribution in [0.2, 0.25) is 0 Å². The number of hydrogen-bond donors (Lipinski definition) is 2. The Hall–Kier alpha value is -0.835. The Balaban J connectivity index is 2.59. The highest BCUT2D eigenvalue weighted by molar-refractivity contribution is 6.59. The summed E-state index contributed by atoms with van der Waals surface area (Å²) in [5.74, 6) is 0.483. The lowest BCUT2D eigenvalue weighted by molar-refractivity contribution is 0.0974. The van der Waals surface area contributed by atoms with E-state index in [0.29, 0.717) is 24.6 Å². The maximum Gasteiger partial charge on any atom is 0.488 e. The SMILES string of the molecule is CC(C)COCc1ccccc1B(O)O. The Morgan fingerprint density at radius 2 is 1.93 bits per heavy atom. The highest BCUT2D eigenvalue weighted by Crippen LogP contribution is 2.01. The third-order valence-electron chi connectivity index (χ3n) is 2.04. The van der Waals surface area contributed by atoms with Crippen LogP contribution in [-0.4, -0.2) is 23.8 Å². The molecule has 0 aliphatic heterocycles. The van der Waals surface area contributed by atoms with Gasteiger partial charge in [0.15, 0.2) is 0 Å². The molecule has 0 fully saturated rings. The van der Waals surface area contributed by atoms with Gasteiger partial charge < -0.3 is 14.8 Å². The van der Waals surface area contributed by atoms with Gasteiger partial charge in [-0.1, -0.05) is 38.1 Å². The molecule has 0 radical (unpaired) electrons. The summed E-state index contributed by atoms with van der Waals surface area (Å²) in [6, 6.07) is 7.18. The summed E-state index contributed by atoms with van der Waals surface area (Å²) in [5.41, 5.74) is 1.34. The Morgan fingerprint density at radius 1 is 1.27 bits per heavy atom. The van der Waals surface area contributed by atoms with E-state index in [-0.39, 0.29) is 0 Å². The normalized spacial score (nSPS) is 10.7. The maximum absolute atomic E-state index is 9.11. The molecule has 82 valence electrons. The highest BCUT2D eigenvalue weighted by atomic mass is 16.5. The van der Waals surface area contributed by atoms with Gasteiger partial charge in [0.2, 0.25) is 0 Å². The summed E-state index contributed by atoms with van der Waals surface area (Å²) in [4.78, 5) is 0. The van der Waals surface area contributed by atoms with Crippen LogP contribution in [0.1, 0.15) is 19.4 Å². The average molecular weight is 208 g/mol. The van der Waals surface area contributed by atoms with Gasteiger partial charge in [-0.15, -0.1) is 0 Å². The Labute approximate surface area is 90.9 Å². The van der Waals surface area contributed by atoms with E-state index in [1.54, 1.807) is 12.1 Å². The Morgan fingerprint density at radius 3 is 2.53 bits per heavy atom. The quantitative estimate of drug-likeness (QED) is 0.694. The van der Waals surface area contributed by atoms with E-state index in [1.807, 2.05) is 12.1 Å². The monoisotopic (exact) mass is 208 g/mol. The molecule has 0 aromatic heterocycles. The van der Waals surface area contributed by atoms with E-state index in [9.17, 15) is 0 Å². The lowest BCUT2D eigenvalue weighted by Crippen LogP contribution is -2.33. The largest absolute Gasteiger partial charge is 0.488 e. The molecule has 0 heterocycles. The van der Waals surface area contributed by atoms with Crippen molar-refractivity contribution in [2.75, 3.05) is 6.61 Å². The zero-order chi connectivity index (χ0) is 11.3. The molecular weight excluding hydrogens is 191 g/mol. The zero-order valence-electron chi connectivity index (χ0n) is 9.18. The molecule has 3 nitrogen and oxygen atoms in total. The van der Waals surface area contributed by atoms with Gasteiger partial charge in [-0.3, -0.25) is 0 Å². The number of benzene rings is 1.